The first kappa shape index (κ1) is 19.6. The Morgan fingerprint density at radius 3 is 2.52 bits per heavy atom. The van der Waals surface area contributed by atoms with Crippen LogP contribution in [-0.4, -0.2) is 43.4 Å². The maximum atomic E-state index is 12.7. The Morgan fingerprint density at radius 1 is 1.15 bits per heavy atom. The molecule has 1 aliphatic heterocycles. The van der Waals surface area contributed by atoms with Crippen LogP contribution < -0.4 is 10.6 Å². The molecule has 144 valence electrons. The van der Waals surface area contributed by atoms with Crippen LogP contribution in [0.4, 0.5) is 0 Å². The molecule has 0 bridgehead atoms. The highest BCUT2D eigenvalue weighted by molar-refractivity contribution is 7.12. The highest BCUT2D eigenvalue weighted by Gasteiger charge is 2.23. The lowest BCUT2D eigenvalue weighted by molar-refractivity contribution is 0.0687. The second-order valence-corrected chi connectivity index (χ2v) is 7.93. The highest BCUT2D eigenvalue weighted by atomic mass is 32.1. The minimum absolute atomic E-state index is 0.0636. The lowest BCUT2D eigenvalue weighted by Gasteiger charge is -2.32. The molecule has 27 heavy (non-hydrogen) atoms. The van der Waals surface area contributed by atoms with E-state index in [4.69, 9.17) is 0 Å². The van der Waals surface area contributed by atoms with Gasteiger partial charge in [-0.05, 0) is 67.9 Å². The number of carbonyl (C=O) groups excluding carboxylic acids is 2. The second kappa shape index (κ2) is 9.67. The summed E-state index contributed by atoms with van der Waals surface area (Å²) < 4.78 is 0. The van der Waals surface area contributed by atoms with Gasteiger partial charge in [0.05, 0.1) is 4.88 Å². The molecular weight excluding hydrogens is 358 g/mol. The first-order valence-corrected chi connectivity index (χ1v) is 10.4. The van der Waals surface area contributed by atoms with Crippen LogP contribution in [0.5, 0.6) is 0 Å². The van der Waals surface area contributed by atoms with Crippen LogP contribution in [-0.2, 0) is 6.54 Å². The molecule has 2 aromatic rings. The van der Waals surface area contributed by atoms with Crippen molar-refractivity contribution in [2.75, 3.05) is 26.7 Å². The fourth-order valence-corrected chi connectivity index (χ4v) is 4.04. The van der Waals surface area contributed by atoms with Gasteiger partial charge in [0.15, 0.2) is 0 Å². The molecule has 0 aliphatic carbocycles. The summed E-state index contributed by atoms with van der Waals surface area (Å²) in [5.74, 6) is 0.762. The van der Waals surface area contributed by atoms with E-state index in [1.54, 1.807) is 0 Å². The number of hydrogen-bond acceptors (Lipinski definition) is 4. The van der Waals surface area contributed by atoms with Crippen molar-refractivity contribution in [1.82, 2.24) is 15.5 Å². The van der Waals surface area contributed by atoms with E-state index in [1.807, 2.05) is 53.7 Å². The Morgan fingerprint density at radius 2 is 1.89 bits per heavy atom. The van der Waals surface area contributed by atoms with Crippen molar-refractivity contribution < 1.29 is 9.59 Å². The average molecular weight is 386 g/mol. The van der Waals surface area contributed by atoms with Crippen molar-refractivity contribution in [3.63, 3.8) is 0 Å². The van der Waals surface area contributed by atoms with Gasteiger partial charge in [0.2, 0.25) is 0 Å². The van der Waals surface area contributed by atoms with E-state index in [1.165, 1.54) is 17.8 Å². The topological polar surface area (TPSA) is 61.4 Å². The summed E-state index contributed by atoms with van der Waals surface area (Å²) in [6.45, 7) is 3.18. The number of benzene rings is 1. The average Bonchev–Trinajstić information content (AvgIpc) is 3.26. The molecule has 1 aromatic carbocycles. The monoisotopic (exact) mass is 385 g/mol. The van der Waals surface area contributed by atoms with Gasteiger partial charge in [0, 0.05) is 25.2 Å². The zero-order valence-electron chi connectivity index (χ0n) is 15.7. The van der Waals surface area contributed by atoms with Gasteiger partial charge in [0.25, 0.3) is 11.8 Å². The van der Waals surface area contributed by atoms with E-state index >= 15 is 0 Å². The summed E-state index contributed by atoms with van der Waals surface area (Å²) >= 11 is 1.43. The number of likely N-dealkylation sites (tertiary alicyclic amines) is 1. The zero-order valence-corrected chi connectivity index (χ0v) is 16.6. The van der Waals surface area contributed by atoms with Gasteiger partial charge in [-0.3, -0.25) is 9.59 Å². The number of piperidine rings is 1. The van der Waals surface area contributed by atoms with Crippen LogP contribution in [0.3, 0.4) is 0 Å². The SMILES string of the molecule is CNCCC1CCN(C(=O)c2ccc(CNC(=O)c3cccs3)cc2)CC1. The molecule has 0 spiro atoms. The number of hydrogen-bond donors (Lipinski definition) is 2. The normalized spacial score (nSPS) is 14.9. The number of thiophene rings is 1. The summed E-state index contributed by atoms with van der Waals surface area (Å²) in [7, 11) is 1.98. The predicted octanol–water partition coefficient (Wildman–Crippen LogP) is 3.14. The molecule has 2 amide bonds. The Bertz CT molecular complexity index is 735. The third-order valence-corrected chi connectivity index (χ3v) is 5.97. The van der Waals surface area contributed by atoms with Crippen LogP contribution >= 0.6 is 11.3 Å². The van der Waals surface area contributed by atoms with Gasteiger partial charge in [-0.15, -0.1) is 11.3 Å². The minimum Gasteiger partial charge on any atom is -0.347 e. The van der Waals surface area contributed by atoms with Crippen molar-refractivity contribution in [3.05, 3.63) is 57.8 Å². The van der Waals surface area contributed by atoms with Crippen molar-refractivity contribution >= 4 is 23.2 Å². The molecule has 0 saturated carbocycles. The molecule has 1 fully saturated rings. The van der Waals surface area contributed by atoms with E-state index in [-0.39, 0.29) is 11.8 Å². The number of carbonyl (C=O) groups is 2. The molecular formula is C21H27N3O2S. The third kappa shape index (κ3) is 5.40. The van der Waals surface area contributed by atoms with E-state index in [9.17, 15) is 9.59 Å². The minimum atomic E-state index is -0.0636. The van der Waals surface area contributed by atoms with Crippen LogP contribution in [0.15, 0.2) is 41.8 Å². The van der Waals surface area contributed by atoms with Gasteiger partial charge < -0.3 is 15.5 Å². The number of nitrogens with one attached hydrogen (secondary N) is 2. The summed E-state index contributed by atoms with van der Waals surface area (Å²) in [5.41, 5.74) is 1.71. The summed E-state index contributed by atoms with van der Waals surface area (Å²) in [6.07, 6.45) is 3.35. The molecule has 2 N–H and O–H groups in total. The van der Waals surface area contributed by atoms with Crippen molar-refractivity contribution in [1.29, 1.82) is 0 Å². The van der Waals surface area contributed by atoms with Crippen LogP contribution in [0.25, 0.3) is 0 Å². The Kier molecular flexibility index (Phi) is 7.01. The second-order valence-electron chi connectivity index (χ2n) is 6.98. The first-order chi connectivity index (χ1) is 13.2. The molecule has 1 saturated heterocycles. The first-order valence-electron chi connectivity index (χ1n) is 9.52. The summed E-state index contributed by atoms with van der Waals surface area (Å²) in [4.78, 5) is 27.4. The molecule has 6 heteroatoms. The fourth-order valence-electron chi connectivity index (χ4n) is 3.40. The molecule has 2 heterocycles. The maximum Gasteiger partial charge on any atom is 0.261 e. The standard InChI is InChI=1S/C21H27N3O2S/c1-22-11-8-16-9-12-24(13-10-16)21(26)18-6-4-17(5-7-18)15-23-20(25)19-3-2-14-27-19/h2-7,14,16,22H,8-13,15H2,1H3,(H,23,25). The number of nitrogens with zero attached hydrogens (tertiary/aromatic N) is 1. The summed E-state index contributed by atoms with van der Waals surface area (Å²) in [6, 6.07) is 11.2. The van der Waals surface area contributed by atoms with Gasteiger partial charge in [-0.1, -0.05) is 18.2 Å². The van der Waals surface area contributed by atoms with Crippen molar-refractivity contribution in [2.45, 2.75) is 25.8 Å². The highest BCUT2D eigenvalue weighted by Crippen LogP contribution is 2.21. The van der Waals surface area contributed by atoms with E-state index < -0.39 is 0 Å². The zero-order chi connectivity index (χ0) is 19.1. The molecule has 0 unspecified atom stereocenters. The Hall–Kier alpha value is -2.18. The largest absolute Gasteiger partial charge is 0.347 e. The molecule has 3 rings (SSSR count). The molecule has 0 atom stereocenters. The molecule has 1 aromatic heterocycles. The lowest BCUT2D eigenvalue weighted by Crippen LogP contribution is -2.39. The molecule has 0 radical (unpaired) electrons. The van der Waals surface area contributed by atoms with Gasteiger partial charge in [0.1, 0.15) is 0 Å². The Labute approximate surface area is 164 Å². The summed E-state index contributed by atoms with van der Waals surface area (Å²) in [5, 5.41) is 7.99. The van der Waals surface area contributed by atoms with Gasteiger partial charge in [-0.2, -0.15) is 0 Å². The smallest absolute Gasteiger partial charge is 0.261 e. The lowest BCUT2D eigenvalue weighted by atomic mass is 9.93. The van der Waals surface area contributed by atoms with Crippen molar-refractivity contribution in [2.24, 2.45) is 5.92 Å². The van der Waals surface area contributed by atoms with Crippen molar-refractivity contribution in [3.8, 4) is 0 Å². The number of rotatable bonds is 7. The number of amides is 2. The quantitative estimate of drug-likeness (QED) is 0.770. The predicted molar refractivity (Wildman–Crippen MR) is 109 cm³/mol. The van der Waals surface area contributed by atoms with Crippen LogP contribution in [0.1, 0.15) is 44.9 Å². The maximum absolute atomic E-state index is 12.7. The molecule has 5 nitrogen and oxygen atoms in total. The third-order valence-electron chi connectivity index (χ3n) is 5.10. The van der Waals surface area contributed by atoms with E-state index in [2.05, 4.69) is 10.6 Å². The van der Waals surface area contributed by atoms with E-state index in [0.717, 1.165) is 49.5 Å². The van der Waals surface area contributed by atoms with Crippen LogP contribution in [0, 0.1) is 5.92 Å². The fraction of sp³-hybridized carbons (Fsp3) is 0.429. The van der Waals surface area contributed by atoms with Gasteiger partial charge >= 0.3 is 0 Å². The van der Waals surface area contributed by atoms with Crippen LogP contribution in [0.2, 0.25) is 0 Å². The van der Waals surface area contributed by atoms with E-state index in [0.29, 0.717) is 11.4 Å². The van der Waals surface area contributed by atoms with Gasteiger partial charge in [-0.25, -0.2) is 0 Å². The molecule has 1 aliphatic rings. The Balaban J connectivity index is 1.48.